The van der Waals surface area contributed by atoms with Gasteiger partial charge in [0.1, 0.15) is 5.69 Å². The number of rotatable bonds is 3. The first-order valence-corrected chi connectivity index (χ1v) is 7.30. The summed E-state index contributed by atoms with van der Waals surface area (Å²) in [4.78, 5) is 17.5. The zero-order valence-electron chi connectivity index (χ0n) is 11.7. The molecule has 5 rings (SSSR count). The summed E-state index contributed by atoms with van der Waals surface area (Å²) in [7, 11) is 0. The van der Waals surface area contributed by atoms with Gasteiger partial charge >= 0.3 is 0 Å². The van der Waals surface area contributed by atoms with Crippen molar-refractivity contribution in [2.45, 2.75) is 6.04 Å². The second-order valence-electron chi connectivity index (χ2n) is 5.58. The van der Waals surface area contributed by atoms with Crippen molar-refractivity contribution in [3.63, 3.8) is 0 Å². The fraction of sp³-hybridized carbons (Fsp3) is 0.400. The van der Waals surface area contributed by atoms with Crippen molar-refractivity contribution in [1.82, 2.24) is 24.8 Å². The summed E-state index contributed by atoms with van der Waals surface area (Å²) in [6.45, 7) is 4.91. The molecule has 2 aromatic rings. The van der Waals surface area contributed by atoms with Crippen molar-refractivity contribution in [3.8, 4) is 5.69 Å². The van der Waals surface area contributed by atoms with E-state index >= 15 is 0 Å². The number of hydrogen-bond acceptors (Lipinski definition) is 5. The number of para-hydroxylation sites is 1. The van der Waals surface area contributed by atoms with Gasteiger partial charge in [-0.15, -0.1) is 5.10 Å². The number of Topliss-reactive ketones (excluding diaryl/α,β-unsaturated/α-hetero) is 1. The molecule has 1 atom stereocenters. The van der Waals surface area contributed by atoms with Crippen LogP contribution in [-0.2, 0) is 0 Å². The predicted octanol–water partition coefficient (Wildman–Crippen LogP) is 0.450. The molecule has 4 heterocycles. The predicted molar refractivity (Wildman–Crippen MR) is 77.5 cm³/mol. The van der Waals surface area contributed by atoms with E-state index in [4.69, 9.17) is 0 Å². The highest BCUT2D eigenvalue weighted by Gasteiger charge is 2.37. The molecule has 3 aliphatic heterocycles. The van der Waals surface area contributed by atoms with Crippen LogP contribution in [0.4, 0.5) is 0 Å². The molecule has 6 heteroatoms. The molecular weight excluding hydrogens is 266 g/mol. The van der Waals surface area contributed by atoms with E-state index in [-0.39, 0.29) is 11.8 Å². The lowest BCUT2D eigenvalue weighted by atomic mass is 10.0. The van der Waals surface area contributed by atoms with Gasteiger partial charge in [-0.3, -0.25) is 14.6 Å². The van der Waals surface area contributed by atoms with E-state index in [0.717, 1.165) is 38.4 Å². The molecule has 1 aromatic carbocycles. The Morgan fingerprint density at radius 3 is 2.52 bits per heavy atom. The van der Waals surface area contributed by atoms with Crippen LogP contribution in [0.5, 0.6) is 0 Å². The van der Waals surface area contributed by atoms with Gasteiger partial charge in [-0.1, -0.05) is 23.4 Å². The number of aromatic nitrogens is 3. The van der Waals surface area contributed by atoms with Gasteiger partial charge < -0.3 is 0 Å². The summed E-state index contributed by atoms with van der Waals surface area (Å²) in [5.41, 5.74) is 1.44. The number of benzene rings is 1. The topological polar surface area (TPSA) is 54.3 Å². The molecule has 0 spiro atoms. The molecule has 1 unspecified atom stereocenters. The fourth-order valence-corrected chi connectivity index (χ4v) is 3.20. The Kier molecular flexibility index (Phi) is 3.05. The summed E-state index contributed by atoms with van der Waals surface area (Å²) in [6.07, 6.45) is 1.58. The quantitative estimate of drug-likeness (QED) is 0.766. The average molecular weight is 283 g/mol. The van der Waals surface area contributed by atoms with Crippen LogP contribution in [0.15, 0.2) is 36.5 Å². The van der Waals surface area contributed by atoms with Crippen LogP contribution in [0.1, 0.15) is 10.5 Å². The molecule has 0 N–H and O–H groups in total. The smallest absolute Gasteiger partial charge is 0.201 e. The van der Waals surface area contributed by atoms with Gasteiger partial charge in [-0.2, -0.15) is 0 Å². The third kappa shape index (κ3) is 2.16. The average Bonchev–Trinajstić information content (AvgIpc) is 3.05. The van der Waals surface area contributed by atoms with Crippen LogP contribution in [0.3, 0.4) is 0 Å². The van der Waals surface area contributed by atoms with Crippen LogP contribution in [0.2, 0.25) is 0 Å². The molecule has 0 aliphatic carbocycles. The molecule has 6 nitrogen and oxygen atoms in total. The number of carbonyl (C=O) groups is 1. The van der Waals surface area contributed by atoms with Gasteiger partial charge in [0, 0.05) is 32.7 Å². The van der Waals surface area contributed by atoms with Crippen LogP contribution >= 0.6 is 0 Å². The molecule has 0 radical (unpaired) electrons. The molecular formula is C15H17N5O. The molecule has 1 aromatic heterocycles. The molecule has 3 fully saturated rings. The van der Waals surface area contributed by atoms with Crippen molar-refractivity contribution in [1.29, 1.82) is 0 Å². The molecule has 0 amide bonds. The van der Waals surface area contributed by atoms with E-state index in [1.807, 2.05) is 30.3 Å². The molecule has 0 saturated carbocycles. The van der Waals surface area contributed by atoms with Crippen molar-refractivity contribution < 1.29 is 4.79 Å². The lowest BCUT2D eigenvalue weighted by Crippen LogP contribution is -2.63. The highest BCUT2D eigenvalue weighted by atomic mass is 16.1. The van der Waals surface area contributed by atoms with Gasteiger partial charge in [0.25, 0.3) is 0 Å². The second kappa shape index (κ2) is 5.05. The minimum absolute atomic E-state index is 0.0616. The summed E-state index contributed by atoms with van der Waals surface area (Å²) in [6, 6.07) is 9.62. The van der Waals surface area contributed by atoms with E-state index < -0.39 is 0 Å². The normalized spacial score (nSPS) is 27.7. The zero-order valence-corrected chi connectivity index (χ0v) is 11.7. The van der Waals surface area contributed by atoms with Crippen molar-refractivity contribution in [2.24, 2.45) is 0 Å². The molecule has 3 saturated heterocycles. The number of carbonyl (C=O) groups excluding carboxylic acids is 1. The lowest BCUT2D eigenvalue weighted by molar-refractivity contribution is 0.0155. The number of fused-ring (bicyclic) bond motifs is 3. The van der Waals surface area contributed by atoms with E-state index in [0.29, 0.717) is 5.69 Å². The van der Waals surface area contributed by atoms with Crippen molar-refractivity contribution >= 4 is 5.78 Å². The highest BCUT2D eigenvalue weighted by Crippen LogP contribution is 2.20. The second-order valence-corrected chi connectivity index (χ2v) is 5.58. The van der Waals surface area contributed by atoms with E-state index in [9.17, 15) is 4.79 Å². The Bertz CT molecular complexity index is 645. The largest absolute Gasteiger partial charge is 0.299 e. The minimum Gasteiger partial charge on any atom is -0.299 e. The Morgan fingerprint density at radius 1 is 1.10 bits per heavy atom. The highest BCUT2D eigenvalue weighted by molar-refractivity contribution is 5.99. The van der Waals surface area contributed by atoms with E-state index in [2.05, 4.69) is 20.1 Å². The maximum Gasteiger partial charge on any atom is 0.201 e. The Labute approximate surface area is 123 Å². The molecule has 21 heavy (non-hydrogen) atoms. The first-order chi connectivity index (χ1) is 10.3. The summed E-state index contributed by atoms with van der Waals surface area (Å²) >= 11 is 0. The number of nitrogens with zero attached hydrogens (tertiary/aromatic N) is 5. The van der Waals surface area contributed by atoms with Crippen LogP contribution in [0, 0.1) is 0 Å². The monoisotopic (exact) mass is 283 g/mol. The third-order valence-corrected chi connectivity index (χ3v) is 4.38. The minimum atomic E-state index is -0.0616. The number of ketones is 1. The van der Waals surface area contributed by atoms with E-state index in [1.165, 1.54) is 0 Å². The van der Waals surface area contributed by atoms with Gasteiger partial charge in [0.15, 0.2) is 0 Å². The van der Waals surface area contributed by atoms with Crippen LogP contribution < -0.4 is 0 Å². The maximum absolute atomic E-state index is 12.9. The first-order valence-electron chi connectivity index (χ1n) is 7.30. The van der Waals surface area contributed by atoms with Gasteiger partial charge in [-0.25, -0.2) is 4.68 Å². The number of piperazine rings is 3. The number of hydrogen-bond donors (Lipinski definition) is 0. The molecule has 3 aliphatic rings. The van der Waals surface area contributed by atoms with Crippen LogP contribution in [-0.4, -0.2) is 69.3 Å². The lowest BCUT2D eigenvalue weighted by Gasteiger charge is -2.46. The van der Waals surface area contributed by atoms with Gasteiger partial charge in [0.2, 0.25) is 5.78 Å². The Morgan fingerprint density at radius 2 is 1.86 bits per heavy atom. The third-order valence-electron chi connectivity index (χ3n) is 4.38. The van der Waals surface area contributed by atoms with Crippen molar-refractivity contribution in [3.05, 3.63) is 42.2 Å². The van der Waals surface area contributed by atoms with Gasteiger partial charge in [0.05, 0.1) is 17.9 Å². The Hall–Kier alpha value is -2.05. The maximum atomic E-state index is 12.9. The fourth-order valence-electron chi connectivity index (χ4n) is 3.20. The SMILES string of the molecule is O=C(c1cnnn1-c1ccccc1)C1CN2CCN1CC2. The standard InChI is InChI=1S/C15H17N5O/c21-15(14-11-18-6-8-19(14)9-7-18)13-10-16-17-20(13)12-4-2-1-3-5-12/h1-5,10,14H,6-9,11H2. The first kappa shape index (κ1) is 12.7. The van der Waals surface area contributed by atoms with E-state index in [1.54, 1.807) is 10.9 Å². The molecule has 2 bridgehead atoms. The summed E-state index contributed by atoms with van der Waals surface area (Å²) < 4.78 is 1.64. The van der Waals surface area contributed by atoms with Gasteiger partial charge in [-0.05, 0) is 12.1 Å². The van der Waals surface area contributed by atoms with Crippen LogP contribution in [0.25, 0.3) is 5.69 Å². The molecule has 108 valence electrons. The van der Waals surface area contributed by atoms with Crippen molar-refractivity contribution in [2.75, 3.05) is 32.7 Å². The summed E-state index contributed by atoms with van der Waals surface area (Å²) in [5.74, 6) is 0.119. The Balaban J connectivity index is 1.65. The summed E-state index contributed by atoms with van der Waals surface area (Å²) in [5, 5.41) is 8.01. The zero-order chi connectivity index (χ0) is 14.2.